The maximum Gasteiger partial charge on any atom is 0.347 e. The first-order valence-electron chi connectivity index (χ1n) is 9.89. The van der Waals surface area contributed by atoms with E-state index in [0.717, 1.165) is 23.5 Å². The lowest BCUT2D eigenvalue weighted by atomic mass is 9.88. The number of carbonyl (C=O) groups excluding carboxylic acids is 1. The van der Waals surface area contributed by atoms with Crippen molar-refractivity contribution in [3.8, 4) is 17.6 Å². The van der Waals surface area contributed by atoms with Gasteiger partial charge in [-0.2, -0.15) is 0 Å². The number of nitrogens with one attached hydrogen (secondary N) is 1. The smallest absolute Gasteiger partial charge is 0.347 e. The van der Waals surface area contributed by atoms with Crippen LogP contribution in [0.4, 0.5) is 0 Å². The van der Waals surface area contributed by atoms with Crippen LogP contribution in [-0.2, 0) is 11.2 Å². The second-order valence-electron chi connectivity index (χ2n) is 8.65. The Balaban J connectivity index is 1.58. The molecule has 7 heteroatoms. The van der Waals surface area contributed by atoms with E-state index in [1.165, 1.54) is 11.8 Å². The van der Waals surface area contributed by atoms with Crippen LogP contribution in [0.5, 0.6) is 5.75 Å². The van der Waals surface area contributed by atoms with Crippen LogP contribution in [0.25, 0.3) is 0 Å². The molecule has 1 aliphatic heterocycles. The zero-order valence-corrected chi connectivity index (χ0v) is 18.2. The fourth-order valence-electron chi connectivity index (χ4n) is 3.38. The Bertz CT molecular complexity index is 981. The molecular formula is C23H26N2O4S. The Morgan fingerprint density at radius 1 is 1.40 bits per heavy atom. The van der Waals surface area contributed by atoms with Crippen LogP contribution in [0, 0.1) is 29.1 Å². The summed E-state index contributed by atoms with van der Waals surface area (Å²) in [6.07, 6.45) is 2.64. The van der Waals surface area contributed by atoms with Gasteiger partial charge in [0.25, 0.3) is 0 Å². The number of benzene rings is 1. The minimum Gasteiger partial charge on any atom is -0.493 e. The van der Waals surface area contributed by atoms with Gasteiger partial charge in [-0.1, -0.05) is 50.2 Å². The molecule has 3 rings (SSSR count). The molecular weight excluding hydrogens is 400 g/mol. The summed E-state index contributed by atoms with van der Waals surface area (Å²) in [6, 6.07) is 8.10. The van der Waals surface area contributed by atoms with Gasteiger partial charge in [-0.3, -0.25) is 4.79 Å². The first-order valence-corrected chi connectivity index (χ1v) is 10.7. The first kappa shape index (κ1) is 21.8. The van der Waals surface area contributed by atoms with Gasteiger partial charge in [0.1, 0.15) is 10.6 Å². The van der Waals surface area contributed by atoms with Crippen molar-refractivity contribution in [1.82, 2.24) is 10.3 Å². The molecule has 0 spiro atoms. The Morgan fingerprint density at radius 3 is 2.90 bits per heavy atom. The Morgan fingerprint density at radius 2 is 2.20 bits per heavy atom. The number of ether oxygens (including phenoxy) is 1. The van der Waals surface area contributed by atoms with Gasteiger partial charge in [0.2, 0.25) is 5.91 Å². The summed E-state index contributed by atoms with van der Waals surface area (Å²) in [7, 11) is 0. The van der Waals surface area contributed by atoms with Gasteiger partial charge < -0.3 is 15.2 Å². The van der Waals surface area contributed by atoms with Crippen LogP contribution in [0.3, 0.4) is 0 Å². The van der Waals surface area contributed by atoms with Crippen molar-refractivity contribution in [2.75, 3.05) is 13.2 Å². The quantitative estimate of drug-likeness (QED) is 0.689. The number of aromatic carboxylic acids is 1. The number of rotatable bonds is 6. The lowest BCUT2D eigenvalue weighted by Crippen LogP contribution is -2.22. The summed E-state index contributed by atoms with van der Waals surface area (Å²) in [5.74, 6) is 5.39. The third-order valence-electron chi connectivity index (χ3n) is 4.78. The van der Waals surface area contributed by atoms with Crippen LogP contribution < -0.4 is 10.1 Å². The summed E-state index contributed by atoms with van der Waals surface area (Å²) in [6.45, 7) is 7.61. The van der Waals surface area contributed by atoms with Crippen molar-refractivity contribution < 1.29 is 19.4 Å². The molecule has 1 aromatic carbocycles. The van der Waals surface area contributed by atoms with Crippen molar-refractivity contribution in [2.45, 2.75) is 33.6 Å². The van der Waals surface area contributed by atoms with Gasteiger partial charge in [-0.15, -0.1) is 0 Å². The van der Waals surface area contributed by atoms with Crippen molar-refractivity contribution in [2.24, 2.45) is 17.3 Å². The molecule has 0 bridgehead atoms. The highest BCUT2D eigenvalue weighted by Gasteiger charge is 2.34. The second kappa shape index (κ2) is 9.31. The average molecular weight is 427 g/mol. The number of carbonyl (C=O) groups is 2. The van der Waals surface area contributed by atoms with Gasteiger partial charge in [0, 0.05) is 18.9 Å². The molecule has 1 aliphatic rings. The van der Waals surface area contributed by atoms with Crippen molar-refractivity contribution >= 4 is 23.2 Å². The van der Waals surface area contributed by atoms with E-state index in [2.05, 4.69) is 55.0 Å². The minimum absolute atomic E-state index is 0.0234. The van der Waals surface area contributed by atoms with E-state index < -0.39 is 5.97 Å². The lowest BCUT2D eigenvalue weighted by molar-refractivity contribution is -0.122. The molecule has 1 amide bonds. The summed E-state index contributed by atoms with van der Waals surface area (Å²) >= 11 is 1.03. The maximum absolute atomic E-state index is 12.2. The predicted molar refractivity (Wildman–Crippen MR) is 116 cm³/mol. The molecule has 0 radical (unpaired) electrons. The van der Waals surface area contributed by atoms with E-state index in [9.17, 15) is 9.59 Å². The first-order chi connectivity index (χ1) is 14.2. The highest BCUT2D eigenvalue weighted by atomic mass is 32.1. The van der Waals surface area contributed by atoms with Crippen LogP contribution in [0.1, 0.15) is 47.4 Å². The zero-order chi connectivity index (χ0) is 21.7. The number of thiazole rings is 1. The molecule has 1 aromatic heterocycles. The third kappa shape index (κ3) is 6.07. The Labute approximate surface area is 180 Å². The number of hydrogen-bond acceptors (Lipinski definition) is 5. The molecule has 0 aliphatic carbocycles. The molecule has 1 saturated heterocycles. The minimum atomic E-state index is -1.01. The SMILES string of the molecule is CC(C)(C)Cc1cccc(OCC2CNC(=O)[C@@H]2CC#Cc2ncc(C(=O)O)s2)c1. The molecule has 2 heterocycles. The normalized spacial score (nSPS) is 18.4. The van der Waals surface area contributed by atoms with E-state index in [0.29, 0.717) is 24.6 Å². The molecule has 30 heavy (non-hydrogen) atoms. The van der Waals surface area contributed by atoms with Crippen molar-refractivity contribution in [1.29, 1.82) is 0 Å². The average Bonchev–Trinajstić information content (AvgIpc) is 3.27. The molecule has 0 saturated carbocycles. The second-order valence-corrected chi connectivity index (χ2v) is 9.68. The Hall–Kier alpha value is -2.85. The van der Waals surface area contributed by atoms with E-state index in [1.807, 2.05) is 12.1 Å². The van der Waals surface area contributed by atoms with Crippen LogP contribution in [-0.4, -0.2) is 35.1 Å². The largest absolute Gasteiger partial charge is 0.493 e. The topological polar surface area (TPSA) is 88.5 Å². The van der Waals surface area contributed by atoms with Crippen molar-refractivity contribution in [3.05, 3.63) is 45.9 Å². The van der Waals surface area contributed by atoms with Gasteiger partial charge in [0.15, 0.2) is 5.01 Å². The number of aromatic nitrogens is 1. The van der Waals surface area contributed by atoms with Crippen molar-refractivity contribution in [3.63, 3.8) is 0 Å². The van der Waals surface area contributed by atoms with Crippen LogP contribution >= 0.6 is 11.3 Å². The fourth-order valence-corrected chi connectivity index (χ4v) is 4.01. The number of nitrogens with zero attached hydrogens (tertiary/aromatic N) is 1. The van der Waals surface area contributed by atoms with Gasteiger partial charge in [-0.25, -0.2) is 9.78 Å². The highest BCUT2D eigenvalue weighted by molar-refractivity contribution is 7.14. The number of amides is 1. The fraction of sp³-hybridized carbons (Fsp3) is 0.435. The summed E-state index contributed by atoms with van der Waals surface area (Å²) in [5.41, 5.74) is 1.43. The molecule has 1 unspecified atom stereocenters. The van der Waals surface area contributed by atoms with Gasteiger partial charge in [-0.05, 0) is 35.5 Å². The lowest BCUT2D eigenvalue weighted by Gasteiger charge is -2.19. The zero-order valence-electron chi connectivity index (χ0n) is 17.4. The highest BCUT2D eigenvalue weighted by Crippen LogP contribution is 2.26. The van der Waals surface area contributed by atoms with E-state index >= 15 is 0 Å². The number of hydrogen-bond donors (Lipinski definition) is 2. The summed E-state index contributed by atoms with van der Waals surface area (Å²) in [5, 5.41) is 12.3. The van der Waals surface area contributed by atoms with Crippen LogP contribution in [0.15, 0.2) is 30.5 Å². The standard InChI is InChI=1S/C23H26N2O4S/c1-23(2,3)11-15-6-4-7-17(10-15)29-14-16-12-25-21(26)18(16)8-5-9-20-24-13-19(30-20)22(27)28/h4,6-7,10,13,16,18H,8,11-12,14H2,1-3H3,(H,25,26)(H,27,28)/t16?,18-/m1/s1. The summed E-state index contributed by atoms with van der Waals surface area (Å²) < 4.78 is 6.00. The number of carboxylic acid groups (broad SMARTS) is 1. The Kier molecular flexibility index (Phi) is 6.78. The molecule has 6 nitrogen and oxygen atoms in total. The molecule has 2 atom stereocenters. The van der Waals surface area contributed by atoms with E-state index in [-0.39, 0.29) is 28.0 Å². The molecule has 158 valence electrons. The molecule has 2 N–H and O–H groups in total. The monoisotopic (exact) mass is 426 g/mol. The van der Waals surface area contributed by atoms with E-state index in [4.69, 9.17) is 9.84 Å². The van der Waals surface area contributed by atoms with Gasteiger partial charge >= 0.3 is 5.97 Å². The maximum atomic E-state index is 12.2. The predicted octanol–water partition coefficient (Wildman–Crippen LogP) is 3.61. The van der Waals surface area contributed by atoms with E-state index in [1.54, 1.807) is 0 Å². The molecule has 1 fully saturated rings. The van der Waals surface area contributed by atoms with Gasteiger partial charge in [0.05, 0.1) is 18.7 Å². The summed E-state index contributed by atoms with van der Waals surface area (Å²) in [4.78, 5) is 27.3. The number of carboxylic acids is 1. The third-order valence-corrected chi connectivity index (χ3v) is 5.68. The molecule has 2 aromatic rings. The van der Waals surface area contributed by atoms with Crippen LogP contribution in [0.2, 0.25) is 0 Å².